The van der Waals surface area contributed by atoms with Gasteiger partial charge in [-0.25, -0.2) is 4.98 Å². The Bertz CT molecular complexity index is 474. The van der Waals surface area contributed by atoms with Gasteiger partial charge in [0.15, 0.2) is 0 Å². The zero-order valence-electron chi connectivity index (χ0n) is 7.46. The van der Waals surface area contributed by atoms with Crippen LogP contribution in [0.15, 0.2) is 35.9 Å². The fourth-order valence-corrected chi connectivity index (χ4v) is 1.34. The lowest BCUT2D eigenvalue weighted by atomic mass is 10.2. The topological polar surface area (TPSA) is 75.9 Å². The van der Waals surface area contributed by atoms with E-state index in [9.17, 15) is 0 Å². The molecule has 0 amide bonds. The van der Waals surface area contributed by atoms with Crippen LogP contribution in [0.3, 0.4) is 0 Å². The van der Waals surface area contributed by atoms with Crippen molar-refractivity contribution in [2.45, 2.75) is 6.42 Å². The van der Waals surface area contributed by atoms with E-state index in [2.05, 4.69) is 10.1 Å². The van der Waals surface area contributed by atoms with E-state index in [1.807, 2.05) is 28.8 Å². The number of rotatable bonds is 2. The third-order valence-electron chi connectivity index (χ3n) is 2.00. The maximum absolute atomic E-state index is 8.43. The van der Waals surface area contributed by atoms with E-state index in [1.54, 1.807) is 6.33 Å². The standard InChI is InChI=1S/C9H10N4O/c10-9(12-14)5-7-8-3-1-2-4-13(8)6-11-7/h1-4,6,14H,5H2,(H2,10,12). The van der Waals surface area contributed by atoms with Gasteiger partial charge in [-0.2, -0.15) is 0 Å². The van der Waals surface area contributed by atoms with E-state index in [-0.39, 0.29) is 5.84 Å². The Morgan fingerprint density at radius 3 is 3.21 bits per heavy atom. The second-order valence-electron chi connectivity index (χ2n) is 2.95. The molecular weight excluding hydrogens is 180 g/mol. The fraction of sp³-hybridized carbons (Fsp3) is 0.111. The number of oxime groups is 1. The Hall–Kier alpha value is -2.04. The first-order valence-corrected chi connectivity index (χ1v) is 4.18. The summed E-state index contributed by atoms with van der Waals surface area (Å²) in [5.41, 5.74) is 7.18. The summed E-state index contributed by atoms with van der Waals surface area (Å²) in [5.74, 6) is 0.162. The van der Waals surface area contributed by atoms with Crippen molar-refractivity contribution in [2.24, 2.45) is 10.9 Å². The molecule has 5 heteroatoms. The summed E-state index contributed by atoms with van der Waals surface area (Å²) in [6.07, 6.45) is 3.96. The molecule has 2 rings (SSSR count). The van der Waals surface area contributed by atoms with Crippen LogP contribution in [0.4, 0.5) is 0 Å². The molecule has 0 aromatic carbocycles. The first-order valence-electron chi connectivity index (χ1n) is 4.18. The highest BCUT2D eigenvalue weighted by atomic mass is 16.4. The number of nitrogens with zero attached hydrogens (tertiary/aromatic N) is 3. The molecule has 0 aliphatic heterocycles. The molecule has 3 N–H and O–H groups in total. The lowest BCUT2D eigenvalue weighted by molar-refractivity contribution is 0.317. The highest BCUT2D eigenvalue weighted by molar-refractivity contribution is 5.83. The second-order valence-corrected chi connectivity index (χ2v) is 2.95. The number of imidazole rings is 1. The number of aromatic nitrogens is 2. The second kappa shape index (κ2) is 3.37. The van der Waals surface area contributed by atoms with Crippen molar-refractivity contribution in [3.05, 3.63) is 36.4 Å². The minimum absolute atomic E-state index is 0.162. The first-order chi connectivity index (χ1) is 6.81. The predicted octanol–water partition coefficient (Wildman–Crippen LogP) is 0.623. The van der Waals surface area contributed by atoms with Crippen LogP contribution in [-0.2, 0) is 6.42 Å². The van der Waals surface area contributed by atoms with Crippen LogP contribution in [-0.4, -0.2) is 20.4 Å². The van der Waals surface area contributed by atoms with Crippen molar-refractivity contribution in [2.75, 3.05) is 0 Å². The lowest BCUT2D eigenvalue weighted by Crippen LogP contribution is -2.15. The molecule has 5 nitrogen and oxygen atoms in total. The molecule has 2 aromatic heterocycles. The van der Waals surface area contributed by atoms with Crippen LogP contribution in [0, 0.1) is 0 Å². The molecule has 0 unspecified atom stereocenters. The van der Waals surface area contributed by atoms with Crippen LogP contribution in [0.1, 0.15) is 5.69 Å². The molecule has 2 aromatic rings. The molecule has 0 saturated heterocycles. The molecule has 0 radical (unpaired) electrons. The molecule has 0 aliphatic carbocycles. The molecule has 0 saturated carbocycles. The van der Waals surface area contributed by atoms with Gasteiger partial charge in [0.2, 0.25) is 0 Å². The van der Waals surface area contributed by atoms with Crippen molar-refractivity contribution in [3.63, 3.8) is 0 Å². The molecule has 0 spiro atoms. The monoisotopic (exact) mass is 190 g/mol. The van der Waals surface area contributed by atoms with E-state index < -0.39 is 0 Å². The SMILES string of the molecule is N/C(Cc1ncn2ccccc12)=N\O. The van der Waals surface area contributed by atoms with Gasteiger partial charge in [-0.1, -0.05) is 11.2 Å². The Labute approximate surface area is 80.5 Å². The smallest absolute Gasteiger partial charge is 0.145 e. The van der Waals surface area contributed by atoms with Crippen molar-refractivity contribution in [1.82, 2.24) is 9.38 Å². The number of pyridine rings is 1. The largest absolute Gasteiger partial charge is 0.409 e. The van der Waals surface area contributed by atoms with Crippen LogP contribution < -0.4 is 5.73 Å². The molecule has 0 bridgehead atoms. The number of fused-ring (bicyclic) bond motifs is 1. The molecule has 0 fully saturated rings. The number of hydrogen-bond donors (Lipinski definition) is 2. The highest BCUT2D eigenvalue weighted by Crippen LogP contribution is 2.08. The van der Waals surface area contributed by atoms with Crippen molar-refractivity contribution in [1.29, 1.82) is 0 Å². The van der Waals surface area contributed by atoms with Gasteiger partial charge in [-0.15, -0.1) is 0 Å². The molecule has 14 heavy (non-hydrogen) atoms. The van der Waals surface area contributed by atoms with Gasteiger partial charge in [-0.05, 0) is 12.1 Å². The van der Waals surface area contributed by atoms with Gasteiger partial charge in [0, 0.05) is 6.20 Å². The Morgan fingerprint density at radius 1 is 1.57 bits per heavy atom. The lowest BCUT2D eigenvalue weighted by Gasteiger charge is -1.96. The molecular formula is C9H10N4O. The van der Waals surface area contributed by atoms with E-state index in [0.717, 1.165) is 11.2 Å². The zero-order valence-corrected chi connectivity index (χ0v) is 7.46. The van der Waals surface area contributed by atoms with Crippen LogP contribution >= 0.6 is 0 Å². The van der Waals surface area contributed by atoms with Crippen molar-refractivity contribution < 1.29 is 5.21 Å². The minimum atomic E-state index is 0.162. The number of amidine groups is 1. The summed E-state index contributed by atoms with van der Waals surface area (Å²) >= 11 is 0. The van der Waals surface area contributed by atoms with Crippen molar-refractivity contribution >= 4 is 11.4 Å². The Kier molecular flexibility index (Phi) is 2.06. The van der Waals surface area contributed by atoms with Crippen LogP contribution in [0.25, 0.3) is 5.52 Å². The highest BCUT2D eigenvalue weighted by Gasteiger charge is 2.05. The average Bonchev–Trinajstić information content (AvgIpc) is 2.62. The van der Waals surface area contributed by atoms with E-state index in [0.29, 0.717) is 6.42 Å². The van der Waals surface area contributed by atoms with Crippen LogP contribution in [0.2, 0.25) is 0 Å². The Balaban J connectivity index is 2.43. The van der Waals surface area contributed by atoms with Gasteiger partial charge in [-0.3, -0.25) is 0 Å². The third-order valence-corrected chi connectivity index (χ3v) is 2.00. The number of hydrogen-bond acceptors (Lipinski definition) is 3. The van der Waals surface area contributed by atoms with Crippen LogP contribution in [0.5, 0.6) is 0 Å². The maximum atomic E-state index is 8.43. The van der Waals surface area contributed by atoms with E-state index >= 15 is 0 Å². The fourth-order valence-electron chi connectivity index (χ4n) is 1.34. The third kappa shape index (κ3) is 1.39. The van der Waals surface area contributed by atoms with Crippen molar-refractivity contribution in [3.8, 4) is 0 Å². The minimum Gasteiger partial charge on any atom is -0.409 e. The molecule has 0 aliphatic rings. The molecule has 0 atom stereocenters. The van der Waals surface area contributed by atoms with E-state index in [1.165, 1.54) is 0 Å². The van der Waals surface area contributed by atoms with Gasteiger partial charge in [0.1, 0.15) is 5.84 Å². The van der Waals surface area contributed by atoms with Gasteiger partial charge < -0.3 is 15.3 Å². The van der Waals surface area contributed by atoms with Gasteiger partial charge >= 0.3 is 0 Å². The van der Waals surface area contributed by atoms with E-state index in [4.69, 9.17) is 10.9 Å². The average molecular weight is 190 g/mol. The summed E-state index contributed by atoms with van der Waals surface area (Å²) in [4.78, 5) is 4.17. The quantitative estimate of drug-likeness (QED) is 0.315. The normalized spacial score (nSPS) is 12.1. The maximum Gasteiger partial charge on any atom is 0.145 e. The van der Waals surface area contributed by atoms with Gasteiger partial charge in [0.25, 0.3) is 0 Å². The summed E-state index contributed by atoms with van der Waals surface area (Å²) in [7, 11) is 0. The summed E-state index contributed by atoms with van der Waals surface area (Å²) < 4.78 is 1.89. The summed E-state index contributed by atoms with van der Waals surface area (Å²) in [5, 5.41) is 11.3. The first kappa shape index (κ1) is 8.55. The zero-order chi connectivity index (χ0) is 9.97. The molecule has 2 heterocycles. The Morgan fingerprint density at radius 2 is 2.43 bits per heavy atom. The molecule has 72 valence electrons. The number of nitrogens with two attached hydrogens (primary N) is 1. The predicted molar refractivity (Wildman–Crippen MR) is 52.3 cm³/mol. The summed E-state index contributed by atoms with van der Waals surface area (Å²) in [6.45, 7) is 0. The summed E-state index contributed by atoms with van der Waals surface area (Å²) in [6, 6.07) is 5.78. The van der Waals surface area contributed by atoms with Gasteiger partial charge in [0.05, 0.1) is 24.0 Å².